The number of ether oxygens (including phenoxy) is 1. The first kappa shape index (κ1) is 14.0. The summed E-state index contributed by atoms with van der Waals surface area (Å²) in [6, 6.07) is 0. The van der Waals surface area contributed by atoms with Crippen LogP contribution in [-0.2, 0) is 23.6 Å². The standard InChI is InChI=1S/C13H25N3O/c1-12(2,3)11-15-9(10(14)16(11)6)8-13(4,5)17-7/h8,14H2,1-7H3. The molecule has 0 aliphatic rings. The number of rotatable bonds is 3. The van der Waals surface area contributed by atoms with Crippen LogP contribution in [0.4, 0.5) is 5.82 Å². The Balaban J connectivity index is 3.12. The zero-order chi connectivity index (χ0) is 13.4. The average Bonchev–Trinajstić information content (AvgIpc) is 2.45. The lowest BCUT2D eigenvalue weighted by molar-refractivity contribution is 0.0226. The van der Waals surface area contributed by atoms with Crippen LogP contribution in [0.2, 0.25) is 0 Å². The molecule has 0 saturated carbocycles. The highest BCUT2D eigenvalue weighted by Crippen LogP contribution is 2.27. The van der Waals surface area contributed by atoms with Crippen LogP contribution < -0.4 is 5.73 Å². The molecule has 0 fully saturated rings. The maximum absolute atomic E-state index is 6.11. The molecule has 0 unspecified atom stereocenters. The summed E-state index contributed by atoms with van der Waals surface area (Å²) in [5.41, 5.74) is 6.79. The fourth-order valence-corrected chi connectivity index (χ4v) is 1.84. The molecule has 98 valence electrons. The molecular weight excluding hydrogens is 214 g/mol. The van der Waals surface area contributed by atoms with Crippen LogP contribution in [0.15, 0.2) is 0 Å². The number of nitrogens with two attached hydrogens (primary N) is 1. The molecule has 0 aromatic carbocycles. The quantitative estimate of drug-likeness (QED) is 0.880. The van der Waals surface area contributed by atoms with Crippen LogP contribution >= 0.6 is 0 Å². The van der Waals surface area contributed by atoms with E-state index in [1.54, 1.807) is 7.11 Å². The highest BCUT2D eigenvalue weighted by molar-refractivity contribution is 5.40. The van der Waals surface area contributed by atoms with Crippen LogP contribution in [-0.4, -0.2) is 22.3 Å². The molecule has 0 aliphatic heterocycles. The van der Waals surface area contributed by atoms with Crippen LogP contribution in [0.5, 0.6) is 0 Å². The van der Waals surface area contributed by atoms with Crippen molar-refractivity contribution in [2.75, 3.05) is 12.8 Å². The Kier molecular flexibility index (Phi) is 3.58. The Morgan fingerprint density at radius 3 is 2.12 bits per heavy atom. The predicted octanol–water partition coefficient (Wildman–Crippen LogP) is 2.27. The molecule has 0 saturated heterocycles. The first-order valence-electron chi connectivity index (χ1n) is 5.95. The first-order valence-corrected chi connectivity index (χ1v) is 5.95. The summed E-state index contributed by atoms with van der Waals surface area (Å²) in [6.07, 6.45) is 0.721. The number of anilines is 1. The van der Waals surface area contributed by atoms with Crippen molar-refractivity contribution in [2.45, 2.75) is 52.1 Å². The number of aromatic nitrogens is 2. The molecule has 4 heteroatoms. The van der Waals surface area contributed by atoms with Crippen molar-refractivity contribution in [3.05, 3.63) is 11.5 Å². The van der Waals surface area contributed by atoms with E-state index in [0.717, 1.165) is 23.8 Å². The van der Waals surface area contributed by atoms with Crippen LogP contribution in [0, 0.1) is 0 Å². The Morgan fingerprint density at radius 1 is 1.24 bits per heavy atom. The van der Waals surface area contributed by atoms with Gasteiger partial charge in [-0.1, -0.05) is 20.8 Å². The fourth-order valence-electron chi connectivity index (χ4n) is 1.84. The number of hydrogen-bond acceptors (Lipinski definition) is 3. The first-order chi connectivity index (χ1) is 7.58. The summed E-state index contributed by atoms with van der Waals surface area (Å²) in [5.74, 6) is 1.75. The average molecular weight is 239 g/mol. The molecule has 1 rings (SSSR count). The van der Waals surface area contributed by atoms with E-state index in [4.69, 9.17) is 10.5 Å². The van der Waals surface area contributed by atoms with Gasteiger partial charge in [-0.05, 0) is 13.8 Å². The zero-order valence-electron chi connectivity index (χ0n) is 12.1. The second-order valence-corrected chi connectivity index (χ2v) is 6.22. The molecular formula is C13H25N3O. The third-order valence-corrected chi connectivity index (χ3v) is 3.03. The maximum Gasteiger partial charge on any atom is 0.126 e. The third-order valence-electron chi connectivity index (χ3n) is 3.03. The molecule has 0 bridgehead atoms. The van der Waals surface area contributed by atoms with E-state index in [-0.39, 0.29) is 11.0 Å². The zero-order valence-corrected chi connectivity index (χ0v) is 12.1. The van der Waals surface area contributed by atoms with E-state index < -0.39 is 0 Å². The Hall–Kier alpha value is -1.03. The minimum atomic E-state index is -0.238. The normalized spacial score (nSPS) is 13.1. The minimum absolute atomic E-state index is 0.00165. The molecule has 1 aromatic rings. The third kappa shape index (κ3) is 3.00. The number of nitrogen functional groups attached to an aromatic ring is 1. The van der Waals surface area contributed by atoms with Gasteiger partial charge in [-0.2, -0.15) is 0 Å². The highest BCUT2D eigenvalue weighted by atomic mass is 16.5. The van der Waals surface area contributed by atoms with Gasteiger partial charge >= 0.3 is 0 Å². The van der Waals surface area contributed by atoms with Gasteiger partial charge in [-0.25, -0.2) is 4.98 Å². The van der Waals surface area contributed by atoms with Crippen molar-refractivity contribution < 1.29 is 4.74 Å². The SMILES string of the molecule is COC(C)(C)Cc1nc(C(C)(C)C)n(C)c1N. The molecule has 0 spiro atoms. The molecule has 0 radical (unpaired) electrons. The topological polar surface area (TPSA) is 53.1 Å². The largest absolute Gasteiger partial charge is 0.384 e. The lowest BCUT2D eigenvalue weighted by Crippen LogP contribution is -2.26. The van der Waals surface area contributed by atoms with Crippen LogP contribution in [0.1, 0.15) is 46.1 Å². The van der Waals surface area contributed by atoms with Crippen LogP contribution in [0.3, 0.4) is 0 Å². The van der Waals surface area contributed by atoms with E-state index in [1.807, 2.05) is 25.5 Å². The number of methoxy groups -OCH3 is 1. The Labute approximate surface area is 104 Å². The van der Waals surface area contributed by atoms with E-state index in [0.29, 0.717) is 0 Å². The summed E-state index contributed by atoms with van der Waals surface area (Å²) >= 11 is 0. The van der Waals surface area contributed by atoms with Gasteiger partial charge in [-0.3, -0.25) is 0 Å². The molecule has 1 aromatic heterocycles. The lowest BCUT2D eigenvalue weighted by atomic mass is 9.96. The number of nitrogens with zero attached hydrogens (tertiary/aromatic N) is 2. The summed E-state index contributed by atoms with van der Waals surface area (Å²) in [7, 11) is 3.68. The smallest absolute Gasteiger partial charge is 0.126 e. The Morgan fingerprint density at radius 2 is 1.76 bits per heavy atom. The molecule has 0 amide bonds. The lowest BCUT2D eigenvalue weighted by Gasteiger charge is -2.21. The van der Waals surface area contributed by atoms with Crippen molar-refractivity contribution >= 4 is 5.82 Å². The molecule has 4 nitrogen and oxygen atoms in total. The highest BCUT2D eigenvalue weighted by Gasteiger charge is 2.26. The van der Waals surface area contributed by atoms with Crippen LogP contribution in [0.25, 0.3) is 0 Å². The fraction of sp³-hybridized carbons (Fsp3) is 0.769. The van der Waals surface area contributed by atoms with Gasteiger partial charge in [0.1, 0.15) is 11.6 Å². The number of imidazole rings is 1. The predicted molar refractivity (Wildman–Crippen MR) is 71.1 cm³/mol. The molecule has 1 heterocycles. The second-order valence-electron chi connectivity index (χ2n) is 6.22. The van der Waals surface area contributed by atoms with Gasteiger partial charge in [0, 0.05) is 26.0 Å². The second kappa shape index (κ2) is 4.33. The summed E-state index contributed by atoms with van der Waals surface area (Å²) in [5, 5.41) is 0. The number of hydrogen-bond donors (Lipinski definition) is 1. The minimum Gasteiger partial charge on any atom is -0.384 e. The van der Waals surface area contributed by atoms with Crippen molar-refractivity contribution in [3.63, 3.8) is 0 Å². The van der Waals surface area contributed by atoms with Crippen molar-refractivity contribution in [1.82, 2.24) is 9.55 Å². The van der Waals surface area contributed by atoms with Crippen molar-refractivity contribution in [1.29, 1.82) is 0 Å². The van der Waals surface area contributed by atoms with Gasteiger partial charge in [0.05, 0.1) is 11.3 Å². The Bertz CT molecular complexity index is 400. The van der Waals surface area contributed by atoms with Crippen molar-refractivity contribution in [2.24, 2.45) is 7.05 Å². The molecule has 0 aliphatic carbocycles. The monoisotopic (exact) mass is 239 g/mol. The van der Waals surface area contributed by atoms with Gasteiger partial charge in [-0.15, -0.1) is 0 Å². The van der Waals surface area contributed by atoms with E-state index in [1.165, 1.54) is 0 Å². The van der Waals surface area contributed by atoms with E-state index in [2.05, 4.69) is 25.8 Å². The van der Waals surface area contributed by atoms with E-state index >= 15 is 0 Å². The molecule has 2 N–H and O–H groups in total. The van der Waals surface area contributed by atoms with Gasteiger partial charge in [0.25, 0.3) is 0 Å². The summed E-state index contributed by atoms with van der Waals surface area (Å²) < 4.78 is 7.40. The molecule has 17 heavy (non-hydrogen) atoms. The molecule has 0 atom stereocenters. The van der Waals surface area contributed by atoms with Crippen molar-refractivity contribution in [3.8, 4) is 0 Å². The summed E-state index contributed by atoms with van der Waals surface area (Å²) in [4.78, 5) is 4.67. The van der Waals surface area contributed by atoms with Gasteiger partial charge in [0.2, 0.25) is 0 Å². The van der Waals surface area contributed by atoms with E-state index in [9.17, 15) is 0 Å². The summed E-state index contributed by atoms with van der Waals surface area (Å²) in [6.45, 7) is 10.5. The van der Waals surface area contributed by atoms with Gasteiger partial charge in [0.15, 0.2) is 0 Å². The van der Waals surface area contributed by atoms with Gasteiger partial charge < -0.3 is 15.0 Å². The maximum atomic E-state index is 6.11.